The molecule has 1 fully saturated rings. The van der Waals surface area contributed by atoms with Crippen LogP contribution in [0.2, 0.25) is 0 Å². The van der Waals surface area contributed by atoms with Gasteiger partial charge in [-0.25, -0.2) is 9.80 Å². The number of nitrogens with zero attached hydrogens (tertiary/aromatic N) is 3. The highest BCUT2D eigenvalue weighted by Crippen LogP contribution is 2.32. The zero-order valence-corrected chi connectivity index (χ0v) is 14.2. The summed E-state index contributed by atoms with van der Waals surface area (Å²) in [5.74, 6) is 0. The van der Waals surface area contributed by atoms with E-state index >= 15 is 0 Å². The van der Waals surface area contributed by atoms with Crippen LogP contribution in [-0.2, 0) is 11.3 Å². The summed E-state index contributed by atoms with van der Waals surface area (Å²) in [4.78, 5) is 13.5. The predicted molar refractivity (Wildman–Crippen MR) is 88.0 cm³/mol. The molecule has 1 aromatic rings. The Hall–Kier alpha value is -1.79. The Morgan fingerprint density at radius 3 is 2.57 bits per heavy atom. The highest BCUT2D eigenvalue weighted by Gasteiger charge is 2.47. The van der Waals surface area contributed by atoms with E-state index in [0.29, 0.717) is 19.6 Å². The summed E-state index contributed by atoms with van der Waals surface area (Å²) in [6.45, 7) is 7.41. The van der Waals surface area contributed by atoms with Gasteiger partial charge in [0.15, 0.2) is 0 Å². The smallest absolute Gasteiger partial charge is 0.410 e. The molecule has 3 rings (SSSR count). The van der Waals surface area contributed by atoms with E-state index in [1.165, 1.54) is 11.3 Å². The molecule has 126 valence electrons. The molecule has 2 aliphatic rings. The van der Waals surface area contributed by atoms with Crippen molar-refractivity contribution in [2.75, 3.05) is 31.7 Å². The normalized spacial score (nSPS) is 20.2. The van der Waals surface area contributed by atoms with Gasteiger partial charge in [0.2, 0.25) is 0 Å². The lowest BCUT2D eigenvalue weighted by atomic mass is 9.94. The standard InChI is InChI=1S/C17H25N3O3/c1-16(2,3)23-15(21)19-10-17(22,11-19)12-20-9-13-7-5-6-8-14(13)18(20)4/h5-8,22H,9-12H2,1-4H3. The molecule has 0 aromatic heterocycles. The van der Waals surface area contributed by atoms with Crippen molar-refractivity contribution in [2.45, 2.75) is 38.5 Å². The van der Waals surface area contributed by atoms with Crippen molar-refractivity contribution in [3.63, 3.8) is 0 Å². The zero-order valence-electron chi connectivity index (χ0n) is 14.2. The van der Waals surface area contributed by atoms with Crippen LogP contribution in [0.25, 0.3) is 0 Å². The third kappa shape index (κ3) is 3.28. The molecule has 0 unspecified atom stereocenters. The van der Waals surface area contributed by atoms with E-state index in [0.717, 1.165) is 6.54 Å². The van der Waals surface area contributed by atoms with Crippen LogP contribution in [0.4, 0.5) is 10.5 Å². The SMILES string of the molecule is CN1c2ccccc2CN1CC1(O)CN(C(=O)OC(C)(C)C)C1. The molecular formula is C17H25N3O3. The Bertz CT molecular complexity index is 605. The number of likely N-dealkylation sites (tertiary alicyclic amines) is 1. The Balaban J connectivity index is 1.56. The number of β-amino-alcohol motifs (C(OH)–C–C–N with tert-alkyl or cyclic N) is 1. The Morgan fingerprint density at radius 2 is 1.96 bits per heavy atom. The van der Waals surface area contributed by atoms with Crippen LogP contribution >= 0.6 is 0 Å². The molecule has 0 atom stereocenters. The molecule has 2 aliphatic heterocycles. The van der Waals surface area contributed by atoms with Crippen molar-refractivity contribution < 1.29 is 14.6 Å². The Labute approximate surface area is 137 Å². The van der Waals surface area contributed by atoms with Gasteiger partial charge in [0, 0.05) is 13.6 Å². The fourth-order valence-corrected chi connectivity index (χ4v) is 3.14. The third-order valence-corrected chi connectivity index (χ3v) is 4.22. The summed E-state index contributed by atoms with van der Waals surface area (Å²) >= 11 is 0. The zero-order chi connectivity index (χ0) is 16.8. The number of fused-ring (bicyclic) bond motifs is 1. The fourth-order valence-electron chi connectivity index (χ4n) is 3.14. The second-order valence-electron chi connectivity index (χ2n) is 7.54. The first kappa shape index (κ1) is 16.1. The quantitative estimate of drug-likeness (QED) is 0.901. The lowest BCUT2D eigenvalue weighted by Crippen LogP contribution is -2.68. The number of carbonyl (C=O) groups is 1. The number of rotatable bonds is 2. The summed E-state index contributed by atoms with van der Waals surface area (Å²) in [5, 5.41) is 14.8. The minimum atomic E-state index is -0.882. The van der Waals surface area contributed by atoms with Gasteiger partial charge in [-0.05, 0) is 32.4 Å². The second-order valence-corrected chi connectivity index (χ2v) is 7.54. The summed E-state index contributed by atoms with van der Waals surface area (Å²) in [5.41, 5.74) is 1.02. The molecular weight excluding hydrogens is 294 g/mol. The van der Waals surface area contributed by atoms with Gasteiger partial charge in [0.25, 0.3) is 0 Å². The molecule has 0 spiro atoms. The number of aliphatic hydroxyl groups is 1. The van der Waals surface area contributed by atoms with Crippen molar-refractivity contribution in [1.29, 1.82) is 0 Å². The number of carbonyl (C=O) groups excluding carboxylic acids is 1. The van der Waals surface area contributed by atoms with E-state index < -0.39 is 11.2 Å². The monoisotopic (exact) mass is 319 g/mol. The fraction of sp³-hybridized carbons (Fsp3) is 0.588. The number of hydrazine groups is 1. The highest BCUT2D eigenvalue weighted by molar-refractivity contribution is 5.69. The van der Waals surface area contributed by atoms with Crippen LogP contribution in [0.3, 0.4) is 0 Å². The number of amides is 1. The van der Waals surface area contributed by atoms with Gasteiger partial charge >= 0.3 is 6.09 Å². The first-order chi connectivity index (χ1) is 10.7. The number of ether oxygens (including phenoxy) is 1. The van der Waals surface area contributed by atoms with E-state index in [2.05, 4.69) is 22.2 Å². The Morgan fingerprint density at radius 1 is 1.30 bits per heavy atom. The molecule has 6 heteroatoms. The van der Waals surface area contributed by atoms with E-state index in [-0.39, 0.29) is 6.09 Å². The lowest BCUT2D eigenvalue weighted by molar-refractivity contribution is -0.112. The highest BCUT2D eigenvalue weighted by atomic mass is 16.6. The summed E-state index contributed by atoms with van der Waals surface area (Å²) < 4.78 is 5.33. The van der Waals surface area contributed by atoms with Crippen molar-refractivity contribution in [3.05, 3.63) is 29.8 Å². The molecule has 1 amide bonds. The predicted octanol–water partition coefficient (Wildman–Crippen LogP) is 1.84. The molecule has 0 aliphatic carbocycles. The van der Waals surface area contributed by atoms with Gasteiger partial charge in [-0.15, -0.1) is 0 Å². The second kappa shape index (κ2) is 5.39. The maximum Gasteiger partial charge on any atom is 0.410 e. The number of hydrogen-bond acceptors (Lipinski definition) is 5. The van der Waals surface area contributed by atoms with Crippen LogP contribution in [0.5, 0.6) is 0 Å². The molecule has 0 saturated carbocycles. The summed E-state index contributed by atoms with van der Waals surface area (Å²) in [7, 11) is 2.00. The Kier molecular flexibility index (Phi) is 3.77. The molecule has 1 N–H and O–H groups in total. The average molecular weight is 319 g/mol. The maximum atomic E-state index is 12.0. The summed E-state index contributed by atoms with van der Waals surface area (Å²) in [6.07, 6.45) is -0.361. The van der Waals surface area contributed by atoms with Crippen LogP contribution in [0, 0.1) is 0 Å². The van der Waals surface area contributed by atoms with Gasteiger partial charge in [-0.1, -0.05) is 18.2 Å². The maximum absolute atomic E-state index is 12.0. The van der Waals surface area contributed by atoms with Gasteiger partial charge in [-0.2, -0.15) is 0 Å². The summed E-state index contributed by atoms with van der Waals surface area (Å²) in [6, 6.07) is 8.22. The lowest BCUT2D eigenvalue weighted by Gasteiger charge is -2.48. The van der Waals surface area contributed by atoms with Gasteiger partial charge < -0.3 is 19.8 Å². The van der Waals surface area contributed by atoms with Gasteiger partial charge in [-0.3, -0.25) is 0 Å². The van der Waals surface area contributed by atoms with E-state index in [4.69, 9.17) is 4.74 Å². The van der Waals surface area contributed by atoms with Gasteiger partial charge in [0.05, 0.1) is 25.3 Å². The third-order valence-electron chi connectivity index (χ3n) is 4.22. The van der Waals surface area contributed by atoms with Crippen molar-refractivity contribution in [3.8, 4) is 0 Å². The van der Waals surface area contributed by atoms with Crippen molar-refractivity contribution in [2.24, 2.45) is 0 Å². The number of anilines is 1. The average Bonchev–Trinajstić information content (AvgIpc) is 2.71. The first-order valence-corrected chi connectivity index (χ1v) is 7.94. The molecule has 23 heavy (non-hydrogen) atoms. The van der Waals surface area contributed by atoms with Crippen LogP contribution in [0.15, 0.2) is 24.3 Å². The van der Waals surface area contributed by atoms with E-state index in [9.17, 15) is 9.90 Å². The largest absolute Gasteiger partial charge is 0.444 e. The first-order valence-electron chi connectivity index (χ1n) is 7.94. The van der Waals surface area contributed by atoms with Crippen LogP contribution in [-0.4, -0.2) is 59.0 Å². The van der Waals surface area contributed by atoms with E-state index in [1.807, 2.05) is 40.0 Å². The number of benzene rings is 1. The molecule has 1 saturated heterocycles. The van der Waals surface area contributed by atoms with Gasteiger partial charge in [0.1, 0.15) is 11.2 Å². The molecule has 0 radical (unpaired) electrons. The molecule has 1 aromatic carbocycles. The van der Waals surface area contributed by atoms with Crippen LogP contribution in [0.1, 0.15) is 26.3 Å². The molecule has 6 nitrogen and oxygen atoms in total. The number of hydrogen-bond donors (Lipinski definition) is 1. The molecule has 2 heterocycles. The van der Waals surface area contributed by atoms with Crippen LogP contribution < -0.4 is 5.01 Å². The minimum Gasteiger partial charge on any atom is -0.444 e. The topological polar surface area (TPSA) is 56.2 Å². The van der Waals surface area contributed by atoms with Crippen molar-refractivity contribution >= 4 is 11.8 Å². The van der Waals surface area contributed by atoms with E-state index in [1.54, 1.807) is 4.90 Å². The minimum absolute atomic E-state index is 0.308. The number of para-hydroxylation sites is 1. The van der Waals surface area contributed by atoms with Crippen molar-refractivity contribution in [1.82, 2.24) is 9.91 Å². The molecule has 0 bridgehead atoms.